The van der Waals surface area contributed by atoms with E-state index >= 15 is 0 Å². The molecule has 1 N–H and O–H groups in total. The summed E-state index contributed by atoms with van der Waals surface area (Å²) in [6.07, 6.45) is 0. The fourth-order valence-corrected chi connectivity index (χ4v) is 2.71. The lowest BCUT2D eigenvalue weighted by molar-refractivity contribution is 1.03. The van der Waals surface area contributed by atoms with Gasteiger partial charge in [-0.3, -0.25) is 4.57 Å². The molecule has 3 rings (SSSR count). The predicted molar refractivity (Wildman–Crippen MR) is 83.4 cm³/mol. The maximum absolute atomic E-state index is 5.41. The van der Waals surface area contributed by atoms with Gasteiger partial charge in [0.15, 0.2) is 10.4 Å². The van der Waals surface area contributed by atoms with Crippen molar-refractivity contribution in [3.8, 4) is 5.69 Å². The van der Waals surface area contributed by atoms with Crippen LogP contribution in [0.25, 0.3) is 16.9 Å². The molecule has 2 aromatic heterocycles. The Morgan fingerprint density at radius 2 is 2.00 bits per heavy atom. The van der Waals surface area contributed by atoms with E-state index in [1.54, 1.807) is 0 Å². The molecule has 0 atom stereocenters. The molecule has 0 bridgehead atoms. The first kappa shape index (κ1) is 12.6. The molecule has 0 aliphatic carbocycles. The Kier molecular flexibility index (Phi) is 3.03. The summed E-state index contributed by atoms with van der Waals surface area (Å²) in [5, 5.41) is 0. The van der Waals surface area contributed by atoms with E-state index in [1.807, 2.05) is 29.7 Å². The second kappa shape index (κ2) is 4.58. The van der Waals surface area contributed by atoms with E-state index in [2.05, 4.69) is 45.0 Å². The van der Waals surface area contributed by atoms with Crippen LogP contribution in [0.4, 0.5) is 0 Å². The van der Waals surface area contributed by atoms with Crippen molar-refractivity contribution in [1.29, 1.82) is 0 Å². The minimum atomic E-state index is 0.656. The molecule has 5 heteroatoms. The van der Waals surface area contributed by atoms with Crippen molar-refractivity contribution in [3.05, 3.63) is 50.8 Å². The molecular weight excluding hydrogens is 322 g/mol. The zero-order valence-corrected chi connectivity index (χ0v) is 13.0. The van der Waals surface area contributed by atoms with Crippen LogP contribution in [0.5, 0.6) is 0 Å². The Morgan fingerprint density at radius 3 is 2.74 bits per heavy atom. The van der Waals surface area contributed by atoms with Gasteiger partial charge in [-0.1, -0.05) is 22.0 Å². The van der Waals surface area contributed by atoms with Crippen LogP contribution in [0.1, 0.15) is 11.3 Å². The predicted octanol–water partition coefficient (Wildman–Crippen LogP) is 4.46. The Balaban J connectivity index is 2.35. The quantitative estimate of drug-likeness (QED) is 0.667. The van der Waals surface area contributed by atoms with Crippen LogP contribution < -0.4 is 0 Å². The third-order valence-corrected chi connectivity index (χ3v) is 4.22. The van der Waals surface area contributed by atoms with Gasteiger partial charge in [-0.05, 0) is 55.9 Å². The van der Waals surface area contributed by atoms with Crippen LogP contribution in [0.2, 0.25) is 0 Å². The van der Waals surface area contributed by atoms with Crippen molar-refractivity contribution in [2.45, 2.75) is 13.8 Å². The second-order valence-corrected chi connectivity index (χ2v) is 5.76. The molecule has 0 spiro atoms. The maximum Gasteiger partial charge on any atom is 0.183 e. The topological polar surface area (TPSA) is 33.6 Å². The van der Waals surface area contributed by atoms with Crippen LogP contribution in [0, 0.1) is 18.6 Å². The Hall–Kier alpha value is -1.46. The molecule has 3 nitrogen and oxygen atoms in total. The van der Waals surface area contributed by atoms with Gasteiger partial charge in [0.1, 0.15) is 0 Å². The number of nitrogens with zero attached hydrogens (tertiary/aromatic N) is 2. The SMILES string of the molecule is Cc1ccc2[nH]c(=S)n(-c3ccc(C)c(Br)c3)c2n1. The summed E-state index contributed by atoms with van der Waals surface area (Å²) in [7, 11) is 0. The first-order valence-electron chi connectivity index (χ1n) is 5.91. The molecule has 0 saturated carbocycles. The summed E-state index contributed by atoms with van der Waals surface area (Å²) in [6.45, 7) is 4.04. The highest BCUT2D eigenvalue weighted by molar-refractivity contribution is 9.10. The number of imidazole rings is 1. The zero-order valence-electron chi connectivity index (χ0n) is 10.6. The van der Waals surface area contributed by atoms with Crippen molar-refractivity contribution in [3.63, 3.8) is 0 Å². The fraction of sp³-hybridized carbons (Fsp3) is 0.143. The third kappa shape index (κ3) is 2.13. The molecule has 2 heterocycles. The molecule has 3 aromatic rings. The van der Waals surface area contributed by atoms with Gasteiger partial charge in [-0.2, -0.15) is 0 Å². The van der Waals surface area contributed by atoms with Crippen LogP contribution in [0.15, 0.2) is 34.8 Å². The normalized spacial score (nSPS) is 11.1. The van der Waals surface area contributed by atoms with Crippen molar-refractivity contribution >= 4 is 39.3 Å². The second-order valence-electron chi connectivity index (χ2n) is 4.52. The monoisotopic (exact) mass is 333 g/mol. The number of fused-ring (bicyclic) bond motifs is 1. The average Bonchev–Trinajstić information content (AvgIpc) is 2.68. The highest BCUT2D eigenvalue weighted by Gasteiger charge is 2.09. The van der Waals surface area contributed by atoms with E-state index in [0.717, 1.165) is 27.0 Å². The molecule has 0 aliphatic rings. The number of pyridine rings is 1. The van der Waals surface area contributed by atoms with Gasteiger partial charge < -0.3 is 4.98 Å². The van der Waals surface area contributed by atoms with E-state index in [-0.39, 0.29) is 0 Å². The Bertz CT molecular complexity index is 832. The summed E-state index contributed by atoms with van der Waals surface area (Å²) in [4.78, 5) is 7.76. The van der Waals surface area contributed by atoms with Gasteiger partial charge >= 0.3 is 0 Å². The van der Waals surface area contributed by atoms with Crippen LogP contribution in [0.3, 0.4) is 0 Å². The van der Waals surface area contributed by atoms with E-state index < -0.39 is 0 Å². The van der Waals surface area contributed by atoms with E-state index in [1.165, 1.54) is 5.56 Å². The number of aromatic amines is 1. The van der Waals surface area contributed by atoms with Gasteiger partial charge in [-0.15, -0.1) is 0 Å². The Morgan fingerprint density at radius 1 is 1.21 bits per heavy atom. The highest BCUT2D eigenvalue weighted by atomic mass is 79.9. The van der Waals surface area contributed by atoms with E-state index in [0.29, 0.717) is 4.77 Å². The Labute approximate surface area is 124 Å². The molecule has 1 aromatic carbocycles. The summed E-state index contributed by atoms with van der Waals surface area (Å²) in [5.74, 6) is 0. The molecular formula is C14H12BrN3S. The van der Waals surface area contributed by atoms with Gasteiger partial charge in [-0.25, -0.2) is 4.98 Å². The molecule has 0 fully saturated rings. The lowest BCUT2D eigenvalue weighted by atomic mass is 10.2. The minimum Gasteiger partial charge on any atom is -0.329 e. The van der Waals surface area contributed by atoms with E-state index in [9.17, 15) is 0 Å². The minimum absolute atomic E-state index is 0.656. The highest BCUT2D eigenvalue weighted by Crippen LogP contribution is 2.23. The molecule has 0 radical (unpaired) electrons. The van der Waals surface area contributed by atoms with Crippen molar-refractivity contribution < 1.29 is 0 Å². The average molecular weight is 334 g/mol. The van der Waals surface area contributed by atoms with Gasteiger partial charge in [0, 0.05) is 10.2 Å². The van der Waals surface area contributed by atoms with Crippen LogP contribution >= 0.6 is 28.1 Å². The first-order valence-corrected chi connectivity index (χ1v) is 7.11. The lowest BCUT2D eigenvalue weighted by Crippen LogP contribution is -1.96. The lowest BCUT2D eigenvalue weighted by Gasteiger charge is -2.06. The molecule has 19 heavy (non-hydrogen) atoms. The first-order chi connectivity index (χ1) is 9.06. The molecule has 96 valence electrons. The zero-order chi connectivity index (χ0) is 13.6. The summed E-state index contributed by atoms with van der Waals surface area (Å²) in [5.41, 5.74) is 4.99. The fourth-order valence-electron chi connectivity index (χ4n) is 2.04. The number of rotatable bonds is 1. The number of benzene rings is 1. The number of hydrogen-bond donors (Lipinski definition) is 1. The summed E-state index contributed by atoms with van der Waals surface area (Å²) in [6, 6.07) is 10.2. The molecule has 0 aliphatic heterocycles. The van der Waals surface area contributed by atoms with Crippen molar-refractivity contribution in [2.24, 2.45) is 0 Å². The summed E-state index contributed by atoms with van der Waals surface area (Å²) >= 11 is 8.96. The molecule has 0 unspecified atom stereocenters. The number of halogens is 1. The largest absolute Gasteiger partial charge is 0.329 e. The van der Waals surface area contributed by atoms with Crippen LogP contribution in [-0.4, -0.2) is 14.5 Å². The summed E-state index contributed by atoms with van der Waals surface area (Å²) < 4.78 is 3.68. The number of H-pyrrole nitrogens is 1. The number of aryl methyl sites for hydroxylation is 2. The van der Waals surface area contributed by atoms with Crippen molar-refractivity contribution in [1.82, 2.24) is 14.5 Å². The van der Waals surface area contributed by atoms with Crippen molar-refractivity contribution in [2.75, 3.05) is 0 Å². The standard InChI is InChI=1S/C14H12BrN3S/c1-8-3-5-10(7-11(8)15)18-13-12(17-14(18)19)6-4-9(2)16-13/h3-7H,1-2H3,(H,17,19). The molecule has 0 amide bonds. The number of hydrogen-bond acceptors (Lipinski definition) is 2. The van der Waals surface area contributed by atoms with Gasteiger partial charge in [0.25, 0.3) is 0 Å². The molecule has 0 saturated heterocycles. The number of nitrogens with one attached hydrogen (secondary N) is 1. The number of aromatic nitrogens is 3. The third-order valence-electron chi connectivity index (χ3n) is 3.08. The maximum atomic E-state index is 5.41. The van der Waals surface area contributed by atoms with Gasteiger partial charge in [0.2, 0.25) is 0 Å². The smallest absolute Gasteiger partial charge is 0.183 e. The van der Waals surface area contributed by atoms with Crippen LogP contribution in [-0.2, 0) is 0 Å². The van der Waals surface area contributed by atoms with E-state index in [4.69, 9.17) is 12.2 Å². The van der Waals surface area contributed by atoms with Gasteiger partial charge in [0.05, 0.1) is 11.2 Å².